The van der Waals surface area contributed by atoms with Gasteiger partial charge in [-0.3, -0.25) is 9.59 Å². The molecule has 2 aliphatic rings. The van der Waals surface area contributed by atoms with E-state index in [-0.39, 0.29) is 41.7 Å². The molecular weight excluding hydrogens is 278 g/mol. The molecule has 1 atom stereocenters. The van der Waals surface area contributed by atoms with Gasteiger partial charge >= 0.3 is 0 Å². The highest BCUT2D eigenvalue weighted by Crippen LogP contribution is 2.27. The van der Waals surface area contributed by atoms with Crippen molar-refractivity contribution >= 4 is 24.2 Å². The van der Waals surface area contributed by atoms with Gasteiger partial charge in [0.05, 0.1) is 5.54 Å². The molecule has 0 aromatic heterocycles. The molecule has 5 nitrogen and oxygen atoms in total. The molecule has 0 aromatic rings. The maximum atomic E-state index is 12.4. The summed E-state index contributed by atoms with van der Waals surface area (Å²) >= 11 is 0. The zero-order valence-corrected chi connectivity index (χ0v) is 12.9. The second-order valence-electron chi connectivity index (χ2n) is 5.89. The molecule has 2 fully saturated rings. The zero-order chi connectivity index (χ0) is 13.9. The number of hydrogen-bond donors (Lipinski definition) is 3. The monoisotopic (exact) mass is 303 g/mol. The van der Waals surface area contributed by atoms with Crippen LogP contribution in [0.1, 0.15) is 51.9 Å². The minimum atomic E-state index is -0.361. The Bertz CT molecular complexity index is 348. The molecule has 0 spiro atoms. The van der Waals surface area contributed by atoms with Crippen LogP contribution in [-0.2, 0) is 9.59 Å². The van der Waals surface area contributed by atoms with Crippen LogP contribution in [0.3, 0.4) is 0 Å². The lowest BCUT2D eigenvalue weighted by Crippen LogP contribution is -2.55. The molecule has 0 radical (unpaired) electrons. The molecule has 1 heterocycles. The third kappa shape index (κ3) is 3.64. The van der Waals surface area contributed by atoms with Crippen LogP contribution in [-0.4, -0.2) is 29.9 Å². The Morgan fingerprint density at radius 3 is 2.40 bits per heavy atom. The van der Waals surface area contributed by atoms with E-state index in [4.69, 9.17) is 5.73 Å². The van der Waals surface area contributed by atoms with Crippen LogP contribution in [0.15, 0.2) is 0 Å². The highest BCUT2D eigenvalue weighted by atomic mass is 35.5. The van der Waals surface area contributed by atoms with E-state index in [1.807, 2.05) is 0 Å². The third-order valence-electron chi connectivity index (χ3n) is 4.75. The summed E-state index contributed by atoms with van der Waals surface area (Å²) < 4.78 is 0. The summed E-state index contributed by atoms with van der Waals surface area (Å²) in [6.07, 6.45) is 6.13. The average Bonchev–Trinajstić information content (AvgIpc) is 2.89. The first-order chi connectivity index (χ1) is 9.07. The van der Waals surface area contributed by atoms with E-state index >= 15 is 0 Å². The quantitative estimate of drug-likeness (QED) is 0.727. The fraction of sp³-hybridized carbons (Fsp3) is 0.857. The smallest absolute Gasteiger partial charge is 0.240 e. The van der Waals surface area contributed by atoms with Gasteiger partial charge in [-0.25, -0.2) is 0 Å². The van der Waals surface area contributed by atoms with Crippen LogP contribution in [0, 0.1) is 5.92 Å². The second kappa shape index (κ2) is 7.27. The van der Waals surface area contributed by atoms with E-state index in [9.17, 15) is 9.59 Å². The number of carbonyl (C=O) groups excluding carboxylic acids is 2. The molecule has 0 bridgehead atoms. The van der Waals surface area contributed by atoms with E-state index in [1.54, 1.807) is 0 Å². The number of primary amides is 1. The Balaban J connectivity index is 0.00000200. The first kappa shape index (κ1) is 17.2. The van der Waals surface area contributed by atoms with Crippen LogP contribution in [0.4, 0.5) is 0 Å². The SMILES string of the molecule is CCC1(C(=O)NC2CCC(C(N)=O)CC2)CCCN1.Cl. The molecule has 2 rings (SSSR count). The predicted molar refractivity (Wildman–Crippen MR) is 80.6 cm³/mol. The Hall–Kier alpha value is -0.810. The maximum Gasteiger partial charge on any atom is 0.240 e. The van der Waals surface area contributed by atoms with Gasteiger partial charge in [-0.05, 0) is 51.5 Å². The van der Waals surface area contributed by atoms with Gasteiger partial charge in [0.25, 0.3) is 0 Å². The van der Waals surface area contributed by atoms with Crippen LogP contribution in [0.25, 0.3) is 0 Å². The standard InChI is InChI=1S/C14H25N3O2.ClH/c1-2-14(8-3-9-16-14)13(19)17-11-6-4-10(5-7-11)12(15)18;/h10-11,16H,2-9H2,1H3,(H2,15,18)(H,17,19);1H. The van der Waals surface area contributed by atoms with Crippen molar-refractivity contribution in [3.05, 3.63) is 0 Å². The minimum Gasteiger partial charge on any atom is -0.369 e. The van der Waals surface area contributed by atoms with E-state index < -0.39 is 0 Å². The van der Waals surface area contributed by atoms with Crippen molar-refractivity contribution in [1.82, 2.24) is 10.6 Å². The van der Waals surface area contributed by atoms with Crippen molar-refractivity contribution in [1.29, 1.82) is 0 Å². The Kier molecular flexibility index (Phi) is 6.27. The second-order valence-corrected chi connectivity index (χ2v) is 5.89. The van der Waals surface area contributed by atoms with Crippen LogP contribution >= 0.6 is 12.4 Å². The van der Waals surface area contributed by atoms with Crippen molar-refractivity contribution in [3.8, 4) is 0 Å². The summed E-state index contributed by atoms with van der Waals surface area (Å²) in [6.45, 7) is 2.98. The molecule has 2 amide bonds. The lowest BCUT2D eigenvalue weighted by Gasteiger charge is -2.32. The first-order valence-corrected chi connectivity index (χ1v) is 7.43. The fourth-order valence-corrected chi connectivity index (χ4v) is 3.31. The molecular formula is C14H26ClN3O2. The number of nitrogens with one attached hydrogen (secondary N) is 2. The van der Waals surface area contributed by atoms with E-state index in [0.29, 0.717) is 0 Å². The van der Waals surface area contributed by atoms with Gasteiger partial charge in [-0.1, -0.05) is 6.92 Å². The normalized spacial score (nSPS) is 33.2. The van der Waals surface area contributed by atoms with Gasteiger partial charge in [0, 0.05) is 12.0 Å². The van der Waals surface area contributed by atoms with Gasteiger partial charge in [0.1, 0.15) is 0 Å². The first-order valence-electron chi connectivity index (χ1n) is 7.43. The molecule has 1 aliphatic heterocycles. The number of hydrogen-bond acceptors (Lipinski definition) is 3. The summed E-state index contributed by atoms with van der Waals surface area (Å²) in [5.74, 6) is -0.0693. The predicted octanol–water partition coefficient (Wildman–Crippen LogP) is 1.10. The molecule has 1 saturated carbocycles. The molecule has 1 unspecified atom stereocenters. The molecule has 4 N–H and O–H groups in total. The number of amides is 2. The Morgan fingerprint density at radius 2 is 1.95 bits per heavy atom. The summed E-state index contributed by atoms with van der Waals surface area (Å²) in [5, 5.41) is 6.51. The largest absolute Gasteiger partial charge is 0.369 e. The van der Waals surface area contributed by atoms with E-state index in [0.717, 1.165) is 51.5 Å². The summed E-state index contributed by atoms with van der Waals surface area (Å²) in [7, 11) is 0. The van der Waals surface area contributed by atoms with Crippen molar-refractivity contribution in [2.75, 3.05) is 6.54 Å². The average molecular weight is 304 g/mol. The van der Waals surface area contributed by atoms with Crippen molar-refractivity contribution in [3.63, 3.8) is 0 Å². The van der Waals surface area contributed by atoms with Crippen LogP contribution < -0.4 is 16.4 Å². The molecule has 0 aromatic carbocycles. The highest BCUT2D eigenvalue weighted by molar-refractivity contribution is 5.87. The topological polar surface area (TPSA) is 84.2 Å². The molecule has 20 heavy (non-hydrogen) atoms. The molecule has 116 valence electrons. The van der Waals surface area contributed by atoms with Gasteiger partial charge in [-0.15, -0.1) is 12.4 Å². The Morgan fingerprint density at radius 1 is 1.30 bits per heavy atom. The summed E-state index contributed by atoms with van der Waals surface area (Å²) in [4.78, 5) is 23.5. The molecule has 1 aliphatic carbocycles. The van der Waals surface area contributed by atoms with Gasteiger partial charge < -0.3 is 16.4 Å². The van der Waals surface area contributed by atoms with Crippen LogP contribution in [0.5, 0.6) is 0 Å². The number of halogens is 1. The van der Waals surface area contributed by atoms with Crippen molar-refractivity contribution < 1.29 is 9.59 Å². The number of nitrogens with two attached hydrogens (primary N) is 1. The zero-order valence-electron chi connectivity index (χ0n) is 12.1. The van der Waals surface area contributed by atoms with E-state index in [1.165, 1.54) is 0 Å². The fourth-order valence-electron chi connectivity index (χ4n) is 3.31. The Labute approximate surface area is 126 Å². The molecule has 6 heteroatoms. The van der Waals surface area contributed by atoms with Gasteiger partial charge in [0.2, 0.25) is 11.8 Å². The highest BCUT2D eigenvalue weighted by Gasteiger charge is 2.40. The van der Waals surface area contributed by atoms with Crippen molar-refractivity contribution in [2.45, 2.75) is 63.5 Å². The van der Waals surface area contributed by atoms with E-state index in [2.05, 4.69) is 17.6 Å². The van der Waals surface area contributed by atoms with Gasteiger partial charge in [0.15, 0.2) is 0 Å². The number of carbonyl (C=O) groups is 2. The number of rotatable bonds is 4. The summed E-state index contributed by atoms with van der Waals surface area (Å²) in [5.41, 5.74) is 4.96. The lowest BCUT2D eigenvalue weighted by atomic mass is 9.84. The summed E-state index contributed by atoms with van der Waals surface area (Å²) in [6, 6.07) is 0.203. The van der Waals surface area contributed by atoms with Crippen molar-refractivity contribution in [2.24, 2.45) is 11.7 Å². The third-order valence-corrected chi connectivity index (χ3v) is 4.75. The van der Waals surface area contributed by atoms with Gasteiger partial charge in [-0.2, -0.15) is 0 Å². The lowest BCUT2D eigenvalue weighted by molar-refractivity contribution is -0.128. The minimum absolute atomic E-state index is 0. The molecule has 1 saturated heterocycles. The van der Waals surface area contributed by atoms with Crippen LogP contribution in [0.2, 0.25) is 0 Å². The maximum absolute atomic E-state index is 12.4.